The van der Waals surface area contributed by atoms with Gasteiger partial charge in [0, 0.05) is 12.5 Å². The zero-order valence-corrected chi connectivity index (χ0v) is 13.9. The van der Waals surface area contributed by atoms with Gasteiger partial charge < -0.3 is 16.0 Å². The van der Waals surface area contributed by atoms with E-state index in [1.54, 1.807) is 6.92 Å². The number of piperidine rings is 1. The molecule has 122 valence electrons. The standard InChI is InChI=1S/C16H31N3O2/c1-5-12(3)18-16(21)13(4)19-15(20)10-11(2)14-6-8-17-9-7-14/h11-14,17H,5-10H2,1-4H3,(H,18,21)(H,19,20). The van der Waals surface area contributed by atoms with Crippen LogP contribution in [-0.4, -0.2) is 37.0 Å². The molecule has 3 N–H and O–H groups in total. The Labute approximate surface area is 128 Å². The van der Waals surface area contributed by atoms with E-state index in [-0.39, 0.29) is 17.9 Å². The van der Waals surface area contributed by atoms with Gasteiger partial charge in [-0.05, 0) is 58.0 Å². The Balaban J connectivity index is 2.32. The van der Waals surface area contributed by atoms with Crippen LogP contribution in [0.15, 0.2) is 0 Å². The zero-order chi connectivity index (χ0) is 15.8. The van der Waals surface area contributed by atoms with Crippen LogP contribution in [0.5, 0.6) is 0 Å². The van der Waals surface area contributed by atoms with Crippen molar-refractivity contribution in [1.82, 2.24) is 16.0 Å². The van der Waals surface area contributed by atoms with E-state index in [1.807, 2.05) is 13.8 Å². The second-order valence-corrected chi connectivity index (χ2v) is 6.38. The number of carbonyl (C=O) groups is 2. The van der Waals surface area contributed by atoms with E-state index in [0.717, 1.165) is 32.4 Å². The maximum Gasteiger partial charge on any atom is 0.242 e. The van der Waals surface area contributed by atoms with Crippen LogP contribution in [0.3, 0.4) is 0 Å². The van der Waals surface area contributed by atoms with Gasteiger partial charge in [-0.3, -0.25) is 9.59 Å². The van der Waals surface area contributed by atoms with E-state index >= 15 is 0 Å². The molecule has 1 rings (SSSR count). The zero-order valence-electron chi connectivity index (χ0n) is 13.9. The molecule has 5 nitrogen and oxygen atoms in total. The lowest BCUT2D eigenvalue weighted by molar-refractivity contribution is -0.129. The minimum atomic E-state index is -0.466. The molecule has 0 aliphatic carbocycles. The normalized spacial score (nSPS) is 20.4. The Kier molecular flexibility index (Phi) is 7.72. The van der Waals surface area contributed by atoms with E-state index in [1.165, 1.54) is 0 Å². The van der Waals surface area contributed by atoms with Crippen LogP contribution in [0.25, 0.3) is 0 Å². The molecule has 1 aliphatic rings. The topological polar surface area (TPSA) is 70.2 Å². The molecule has 3 unspecified atom stereocenters. The molecule has 5 heteroatoms. The average molecular weight is 297 g/mol. The van der Waals surface area contributed by atoms with Gasteiger partial charge in [-0.1, -0.05) is 13.8 Å². The molecule has 1 heterocycles. The molecule has 0 spiro atoms. The Morgan fingerprint density at radius 2 is 1.76 bits per heavy atom. The van der Waals surface area contributed by atoms with Gasteiger partial charge in [0.1, 0.15) is 6.04 Å². The lowest BCUT2D eigenvalue weighted by atomic mass is 9.84. The molecule has 2 amide bonds. The maximum atomic E-state index is 12.1. The summed E-state index contributed by atoms with van der Waals surface area (Å²) in [6.45, 7) is 9.96. The van der Waals surface area contributed by atoms with Gasteiger partial charge in [0.25, 0.3) is 0 Å². The predicted octanol–water partition coefficient (Wildman–Crippen LogP) is 1.43. The van der Waals surface area contributed by atoms with E-state index in [9.17, 15) is 9.59 Å². The van der Waals surface area contributed by atoms with Crippen molar-refractivity contribution in [3.05, 3.63) is 0 Å². The van der Waals surface area contributed by atoms with Crippen LogP contribution in [0, 0.1) is 11.8 Å². The Morgan fingerprint density at radius 1 is 1.14 bits per heavy atom. The first-order valence-electron chi connectivity index (χ1n) is 8.24. The Bertz CT molecular complexity index is 340. The molecule has 1 aliphatic heterocycles. The van der Waals surface area contributed by atoms with Gasteiger partial charge >= 0.3 is 0 Å². The SMILES string of the molecule is CCC(C)NC(=O)C(C)NC(=O)CC(C)C1CCNCC1. The third kappa shape index (κ3) is 6.46. The number of hydrogen-bond acceptors (Lipinski definition) is 3. The Hall–Kier alpha value is -1.10. The van der Waals surface area contributed by atoms with Crippen molar-refractivity contribution in [3.63, 3.8) is 0 Å². The fourth-order valence-corrected chi connectivity index (χ4v) is 2.71. The van der Waals surface area contributed by atoms with Gasteiger partial charge in [-0.25, -0.2) is 0 Å². The van der Waals surface area contributed by atoms with Gasteiger partial charge in [0.05, 0.1) is 0 Å². The first kappa shape index (κ1) is 18.0. The lowest BCUT2D eigenvalue weighted by Gasteiger charge is -2.28. The van der Waals surface area contributed by atoms with Gasteiger partial charge in [0.2, 0.25) is 11.8 Å². The van der Waals surface area contributed by atoms with Crippen LogP contribution in [0.2, 0.25) is 0 Å². The van der Waals surface area contributed by atoms with Crippen LogP contribution < -0.4 is 16.0 Å². The third-order valence-electron chi connectivity index (χ3n) is 4.47. The van der Waals surface area contributed by atoms with Crippen molar-refractivity contribution in [2.45, 2.75) is 65.5 Å². The largest absolute Gasteiger partial charge is 0.352 e. The molecule has 1 fully saturated rings. The van der Waals surface area contributed by atoms with E-state index < -0.39 is 6.04 Å². The van der Waals surface area contributed by atoms with Crippen LogP contribution in [0.4, 0.5) is 0 Å². The maximum absolute atomic E-state index is 12.1. The minimum absolute atomic E-state index is 0.0205. The highest BCUT2D eigenvalue weighted by molar-refractivity contribution is 5.87. The summed E-state index contributed by atoms with van der Waals surface area (Å²) in [5, 5.41) is 9.04. The molecule has 21 heavy (non-hydrogen) atoms. The number of rotatable bonds is 7. The van der Waals surface area contributed by atoms with Crippen molar-refractivity contribution in [2.24, 2.45) is 11.8 Å². The molecule has 0 bridgehead atoms. The second kappa shape index (κ2) is 9.03. The highest BCUT2D eigenvalue weighted by atomic mass is 16.2. The van der Waals surface area contributed by atoms with Crippen molar-refractivity contribution in [3.8, 4) is 0 Å². The summed E-state index contributed by atoms with van der Waals surface area (Å²) in [7, 11) is 0. The highest BCUT2D eigenvalue weighted by Crippen LogP contribution is 2.24. The predicted molar refractivity (Wildman–Crippen MR) is 84.9 cm³/mol. The van der Waals surface area contributed by atoms with E-state index in [0.29, 0.717) is 18.3 Å². The quantitative estimate of drug-likeness (QED) is 0.666. The molecular formula is C16H31N3O2. The monoisotopic (exact) mass is 297 g/mol. The van der Waals surface area contributed by atoms with Crippen LogP contribution in [-0.2, 0) is 9.59 Å². The van der Waals surface area contributed by atoms with Crippen molar-refractivity contribution >= 4 is 11.8 Å². The third-order valence-corrected chi connectivity index (χ3v) is 4.47. The fraction of sp³-hybridized carbons (Fsp3) is 0.875. The number of amides is 2. The molecular weight excluding hydrogens is 266 g/mol. The molecule has 3 atom stereocenters. The summed E-state index contributed by atoms with van der Waals surface area (Å²) >= 11 is 0. The van der Waals surface area contributed by atoms with Gasteiger partial charge in [-0.15, -0.1) is 0 Å². The van der Waals surface area contributed by atoms with Crippen LogP contribution >= 0.6 is 0 Å². The first-order valence-corrected chi connectivity index (χ1v) is 8.24. The molecule has 1 saturated heterocycles. The van der Waals surface area contributed by atoms with Crippen molar-refractivity contribution in [2.75, 3.05) is 13.1 Å². The minimum Gasteiger partial charge on any atom is -0.352 e. The van der Waals surface area contributed by atoms with E-state index in [4.69, 9.17) is 0 Å². The summed E-state index contributed by atoms with van der Waals surface area (Å²) in [6.07, 6.45) is 3.67. The smallest absolute Gasteiger partial charge is 0.242 e. The average Bonchev–Trinajstić information content (AvgIpc) is 2.47. The first-order chi connectivity index (χ1) is 9.93. The van der Waals surface area contributed by atoms with Gasteiger partial charge in [-0.2, -0.15) is 0 Å². The molecule has 0 aromatic carbocycles. The molecule has 0 aromatic heterocycles. The highest BCUT2D eigenvalue weighted by Gasteiger charge is 2.23. The summed E-state index contributed by atoms with van der Waals surface area (Å²) in [6, 6.07) is -0.322. The molecule has 0 aromatic rings. The summed E-state index contributed by atoms with van der Waals surface area (Å²) in [5.74, 6) is 0.859. The summed E-state index contributed by atoms with van der Waals surface area (Å²) < 4.78 is 0. The number of nitrogens with one attached hydrogen (secondary N) is 3. The summed E-state index contributed by atoms with van der Waals surface area (Å²) in [4.78, 5) is 24.0. The van der Waals surface area contributed by atoms with Crippen LogP contribution in [0.1, 0.15) is 53.4 Å². The second-order valence-electron chi connectivity index (χ2n) is 6.38. The van der Waals surface area contributed by atoms with Crippen molar-refractivity contribution < 1.29 is 9.59 Å². The number of carbonyl (C=O) groups excluding carboxylic acids is 2. The lowest BCUT2D eigenvalue weighted by Crippen LogP contribution is -2.47. The number of hydrogen-bond donors (Lipinski definition) is 3. The molecule has 0 radical (unpaired) electrons. The van der Waals surface area contributed by atoms with Crippen molar-refractivity contribution in [1.29, 1.82) is 0 Å². The van der Waals surface area contributed by atoms with E-state index in [2.05, 4.69) is 22.9 Å². The fourth-order valence-electron chi connectivity index (χ4n) is 2.71. The summed E-state index contributed by atoms with van der Waals surface area (Å²) in [5.41, 5.74) is 0. The Morgan fingerprint density at radius 3 is 2.33 bits per heavy atom. The van der Waals surface area contributed by atoms with Gasteiger partial charge in [0.15, 0.2) is 0 Å². The molecule has 0 saturated carbocycles.